The second-order valence-electron chi connectivity index (χ2n) is 5.35. The number of alkyl halides is 1. The molecule has 0 amide bonds. The van der Waals surface area contributed by atoms with Crippen LogP contribution in [0.1, 0.15) is 29.6 Å². The first-order valence-corrected chi connectivity index (χ1v) is 7.52. The number of hydrogen-bond donors (Lipinski definition) is 0. The molecule has 3 unspecified atom stereocenters. The van der Waals surface area contributed by atoms with Crippen LogP contribution >= 0.6 is 23.2 Å². The maximum absolute atomic E-state index is 5.92. The van der Waals surface area contributed by atoms with Crippen molar-refractivity contribution in [2.75, 3.05) is 0 Å². The van der Waals surface area contributed by atoms with Crippen molar-refractivity contribution in [2.24, 2.45) is 11.8 Å². The predicted molar refractivity (Wildman–Crippen MR) is 77.6 cm³/mol. The van der Waals surface area contributed by atoms with E-state index in [1.54, 1.807) is 0 Å². The van der Waals surface area contributed by atoms with Gasteiger partial charge in [0, 0.05) is 10.9 Å². The number of benzene rings is 1. The minimum atomic E-state index is 0.279. The summed E-state index contributed by atoms with van der Waals surface area (Å²) in [4.78, 5) is 4.33. The van der Waals surface area contributed by atoms with Crippen molar-refractivity contribution in [1.29, 1.82) is 0 Å². The molecule has 2 aromatic rings. The zero-order valence-electron chi connectivity index (χ0n) is 10.6. The summed E-state index contributed by atoms with van der Waals surface area (Å²) < 4.78 is 5.08. The molecule has 0 radical (unpaired) electrons. The lowest BCUT2D eigenvalue weighted by atomic mass is 10.0. The van der Waals surface area contributed by atoms with Gasteiger partial charge in [-0.3, -0.25) is 0 Å². The van der Waals surface area contributed by atoms with Gasteiger partial charge < -0.3 is 4.52 Å². The Labute approximate surface area is 126 Å². The predicted octanol–water partition coefficient (Wildman–Crippen LogP) is 4.28. The third-order valence-corrected chi connectivity index (χ3v) is 4.67. The van der Waals surface area contributed by atoms with E-state index in [1.807, 2.05) is 12.1 Å². The van der Waals surface area contributed by atoms with Crippen molar-refractivity contribution in [3.63, 3.8) is 0 Å². The Morgan fingerprint density at radius 2 is 2.05 bits per heavy atom. The number of rotatable bonds is 3. The fourth-order valence-corrected chi connectivity index (χ4v) is 3.38. The van der Waals surface area contributed by atoms with E-state index in [-0.39, 0.29) is 5.88 Å². The maximum Gasteiger partial charge on any atom is 0.241 e. The number of fused-ring (bicyclic) bond motifs is 1. The van der Waals surface area contributed by atoms with Gasteiger partial charge in [-0.25, -0.2) is 0 Å². The summed E-state index contributed by atoms with van der Waals surface area (Å²) in [7, 11) is 0. The molecule has 1 aromatic carbocycles. The number of halogens is 2. The van der Waals surface area contributed by atoms with Crippen LogP contribution in [0.2, 0.25) is 5.02 Å². The number of hydrogen-bond acceptors (Lipinski definition) is 3. The molecular weight excluding hydrogens is 295 g/mol. The second-order valence-corrected chi connectivity index (χ2v) is 6.05. The Morgan fingerprint density at radius 1 is 1.25 bits per heavy atom. The van der Waals surface area contributed by atoms with E-state index < -0.39 is 0 Å². The van der Waals surface area contributed by atoms with Crippen LogP contribution < -0.4 is 0 Å². The highest BCUT2D eigenvalue weighted by Crippen LogP contribution is 2.62. The molecule has 2 aliphatic carbocycles. The van der Waals surface area contributed by atoms with Gasteiger partial charge in [0.05, 0.1) is 0 Å². The fourth-order valence-electron chi connectivity index (χ4n) is 3.14. The average Bonchev–Trinajstić information content (AvgIpc) is 2.88. The molecule has 0 bridgehead atoms. The highest BCUT2D eigenvalue weighted by Gasteiger charge is 2.55. The topological polar surface area (TPSA) is 38.9 Å². The molecule has 1 aromatic heterocycles. The van der Waals surface area contributed by atoms with Crippen LogP contribution in [0.3, 0.4) is 0 Å². The van der Waals surface area contributed by atoms with Crippen LogP contribution in [0.15, 0.2) is 34.9 Å². The minimum Gasteiger partial charge on any atom is -0.338 e. The molecule has 4 rings (SSSR count). The van der Waals surface area contributed by atoms with E-state index in [0.29, 0.717) is 23.6 Å². The van der Waals surface area contributed by atoms with Crippen molar-refractivity contribution in [2.45, 2.75) is 18.2 Å². The summed E-state index contributed by atoms with van der Waals surface area (Å²) in [5.74, 6) is 3.16. The monoisotopic (exact) mass is 306 g/mol. The van der Waals surface area contributed by atoms with Crippen molar-refractivity contribution in [1.82, 2.24) is 10.1 Å². The van der Waals surface area contributed by atoms with Crippen LogP contribution in [-0.4, -0.2) is 10.1 Å². The van der Waals surface area contributed by atoms with Gasteiger partial charge in [0.25, 0.3) is 0 Å². The molecule has 0 N–H and O–H groups in total. The molecule has 0 aliphatic heterocycles. The van der Waals surface area contributed by atoms with E-state index in [4.69, 9.17) is 27.7 Å². The Hall–Kier alpha value is -1.32. The van der Waals surface area contributed by atoms with Gasteiger partial charge in [0.2, 0.25) is 5.89 Å². The van der Waals surface area contributed by atoms with Gasteiger partial charge in [-0.1, -0.05) is 35.0 Å². The zero-order chi connectivity index (χ0) is 13.7. The maximum atomic E-state index is 5.92. The summed E-state index contributed by atoms with van der Waals surface area (Å²) >= 11 is 11.6. The molecule has 1 heterocycles. The van der Waals surface area contributed by atoms with Crippen LogP contribution in [0.5, 0.6) is 0 Å². The van der Waals surface area contributed by atoms with Crippen molar-refractivity contribution >= 4 is 28.8 Å². The lowest BCUT2D eigenvalue weighted by molar-refractivity contribution is 0.383. The van der Waals surface area contributed by atoms with E-state index in [0.717, 1.165) is 17.3 Å². The SMILES string of the molecule is ClCc1nc(C2C3C=C(c4ccc(Cl)cc4)CC32)no1. The lowest BCUT2D eigenvalue weighted by Gasteiger charge is -2.05. The van der Waals surface area contributed by atoms with E-state index in [9.17, 15) is 0 Å². The molecule has 3 atom stereocenters. The normalized spacial score (nSPS) is 27.3. The van der Waals surface area contributed by atoms with Crippen LogP contribution in [-0.2, 0) is 5.88 Å². The summed E-state index contributed by atoms with van der Waals surface area (Å²) in [6, 6.07) is 8.03. The van der Waals surface area contributed by atoms with Gasteiger partial charge in [0.15, 0.2) is 5.82 Å². The average molecular weight is 307 g/mol. The molecule has 2 aliphatic rings. The fraction of sp³-hybridized carbons (Fsp3) is 0.333. The lowest BCUT2D eigenvalue weighted by Crippen LogP contribution is -1.92. The zero-order valence-corrected chi connectivity index (χ0v) is 12.1. The van der Waals surface area contributed by atoms with Crippen molar-refractivity contribution in [3.8, 4) is 0 Å². The molecule has 0 spiro atoms. The molecule has 102 valence electrons. The highest BCUT2D eigenvalue weighted by atomic mass is 35.5. The van der Waals surface area contributed by atoms with E-state index in [2.05, 4.69) is 28.3 Å². The van der Waals surface area contributed by atoms with E-state index in [1.165, 1.54) is 11.1 Å². The summed E-state index contributed by atoms with van der Waals surface area (Å²) in [5.41, 5.74) is 2.66. The first-order valence-electron chi connectivity index (χ1n) is 6.61. The number of allylic oxidation sites excluding steroid dienone is 2. The van der Waals surface area contributed by atoms with Gasteiger partial charge in [0.1, 0.15) is 5.88 Å². The quantitative estimate of drug-likeness (QED) is 0.795. The Kier molecular flexibility index (Phi) is 2.86. The number of nitrogens with zero attached hydrogens (tertiary/aromatic N) is 2. The molecule has 1 fully saturated rings. The Morgan fingerprint density at radius 3 is 2.65 bits per heavy atom. The highest BCUT2D eigenvalue weighted by molar-refractivity contribution is 6.30. The Balaban J connectivity index is 1.53. The third-order valence-electron chi connectivity index (χ3n) is 4.19. The van der Waals surface area contributed by atoms with Crippen LogP contribution in [0.25, 0.3) is 5.57 Å². The van der Waals surface area contributed by atoms with Gasteiger partial charge in [-0.2, -0.15) is 4.98 Å². The van der Waals surface area contributed by atoms with Gasteiger partial charge in [-0.05, 0) is 41.5 Å². The van der Waals surface area contributed by atoms with Gasteiger partial charge >= 0.3 is 0 Å². The first-order chi connectivity index (χ1) is 9.76. The van der Waals surface area contributed by atoms with Crippen LogP contribution in [0.4, 0.5) is 0 Å². The van der Waals surface area contributed by atoms with E-state index >= 15 is 0 Å². The van der Waals surface area contributed by atoms with Crippen molar-refractivity contribution < 1.29 is 4.52 Å². The molecule has 5 heteroatoms. The number of aromatic nitrogens is 2. The standard InChI is InChI=1S/C15H12Cl2N2O/c16-7-13-18-15(19-20-13)14-11-5-9(6-12(11)14)8-1-3-10(17)4-2-8/h1-5,11-12,14H,6-7H2. The van der Waals surface area contributed by atoms with Gasteiger partial charge in [-0.15, -0.1) is 11.6 Å². The summed E-state index contributed by atoms with van der Waals surface area (Å²) in [5, 5.41) is 4.80. The van der Waals surface area contributed by atoms with Crippen molar-refractivity contribution in [3.05, 3.63) is 52.6 Å². The summed E-state index contributed by atoms with van der Waals surface area (Å²) in [6.07, 6.45) is 3.41. The Bertz CT molecular complexity index is 677. The van der Waals surface area contributed by atoms with Crippen LogP contribution in [0, 0.1) is 11.8 Å². The first kappa shape index (κ1) is 12.4. The molecule has 0 saturated heterocycles. The molecule has 20 heavy (non-hydrogen) atoms. The second kappa shape index (κ2) is 4.61. The third kappa shape index (κ3) is 1.97. The molecule has 1 saturated carbocycles. The minimum absolute atomic E-state index is 0.279. The summed E-state index contributed by atoms with van der Waals surface area (Å²) in [6.45, 7) is 0. The largest absolute Gasteiger partial charge is 0.338 e. The molecular formula is C15H12Cl2N2O. The molecule has 3 nitrogen and oxygen atoms in total. The smallest absolute Gasteiger partial charge is 0.241 e.